The summed E-state index contributed by atoms with van der Waals surface area (Å²) in [6.45, 7) is 8.29. The molecule has 0 saturated carbocycles. The van der Waals surface area contributed by atoms with E-state index in [4.69, 9.17) is 9.47 Å². The maximum absolute atomic E-state index is 12.4. The first-order chi connectivity index (χ1) is 12.4. The molecule has 6 heteroatoms. The van der Waals surface area contributed by atoms with Gasteiger partial charge < -0.3 is 9.47 Å². The minimum Gasteiger partial charge on any atom is -0.494 e. The molecule has 0 radical (unpaired) electrons. The summed E-state index contributed by atoms with van der Waals surface area (Å²) < 4.78 is 12.2. The molecule has 5 nitrogen and oxygen atoms in total. The van der Waals surface area contributed by atoms with Crippen molar-refractivity contribution in [1.82, 2.24) is 4.98 Å². The van der Waals surface area contributed by atoms with Crippen molar-refractivity contribution in [2.75, 3.05) is 11.9 Å². The topological polar surface area (TPSA) is 60.5 Å². The van der Waals surface area contributed by atoms with Gasteiger partial charge in [0.15, 0.2) is 11.2 Å². The Morgan fingerprint density at radius 1 is 1.15 bits per heavy atom. The van der Waals surface area contributed by atoms with Crippen molar-refractivity contribution < 1.29 is 14.3 Å². The fraction of sp³-hybridized carbons (Fsp3) is 0.300. The molecule has 0 aliphatic heterocycles. The van der Waals surface area contributed by atoms with E-state index in [0.29, 0.717) is 17.5 Å². The van der Waals surface area contributed by atoms with Gasteiger partial charge in [0.05, 0.1) is 16.8 Å². The lowest BCUT2D eigenvalue weighted by atomic mass is 10.1. The third-order valence-corrected chi connectivity index (χ3v) is 4.71. The van der Waals surface area contributed by atoms with Gasteiger partial charge in [0.2, 0.25) is 0 Å². The number of ether oxygens (including phenoxy) is 2. The summed E-state index contributed by atoms with van der Waals surface area (Å²) >= 11 is 1.42. The number of rotatable bonds is 6. The van der Waals surface area contributed by atoms with Gasteiger partial charge in [0, 0.05) is 0 Å². The SMILES string of the molecule is CCOc1ccc2nc(NC(=O)C(C)Oc3cc(C)cc(C)c3)sc2c1. The monoisotopic (exact) mass is 370 g/mol. The first-order valence-electron chi connectivity index (χ1n) is 8.54. The van der Waals surface area contributed by atoms with Crippen LogP contribution in [0.4, 0.5) is 5.13 Å². The third-order valence-electron chi connectivity index (χ3n) is 3.78. The second-order valence-electron chi connectivity index (χ2n) is 6.15. The van der Waals surface area contributed by atoms with Crippen LogP contribution in [-0.4, -0.2) is 23.6 Å². The normalized spacial score (nSPS) is 12.0. The van der Waals surface area contributed by atoms with E-state index in [9.17, 15) is 4.79 Å². The van der Waals surface area contributed by atoms with Gasteiger partial charge in [0.1, 0.15) is 11.5 Å². The Kier molecular flexibility index (Phi) is 5.42. The highest BCUT2D eigenvalue weighted by molar-refractivity contribution is 7.22. The molecule has 3 rings (SSSR count). The standard InChI is InChI=1S/C20H22N2O3S/c1-5-24-15-6-7-17-18(11-15)26-20(21-17)22-19(23)14(4)25-16-9-12(2)8-13(3)10-16/h6-11,14H,5H2,1-4H3,(H,21,22,23). The van der Waals surface area contributed by atoms with E-state index in [1.165, 1.54) is 11.3 Å². The minimum absolute atomic E-state index is 0.228. The number of aromatic nitrogens is 1. The number of hydrogen-bond donors (Lipinski definition) is 1. The van der Waals surface area contributed by atoms with Crippen molar-refractivity contribution in [1.29, 1.82) is 0 Å². The van der Waals surface area contributed by atoms with E-state index >= 15 is 0 Å². The number of anilines is 1. The lowest BCUT2D eigenvalue weighted by Gasteiger charge is -2.14. The van der Waals surface area contributed by atoms with Crippen molar-refractivity contribution >= 4 is 32.6 Å². The molecule has 1 atom stereocenters. The number of benzene rings is 2. The number of carbonyl (C=O) groups is 1. The van der Waals surface area contributed by atoms with Gasteiger partial charge in [-0.1, -0.05) is 17.4 Å². The molecule has 1 heterocycles. The molecule has 1 unspecified atom stereocenters. The van der Waals surface area contributed by atoms with Crippen molar-refractivity contribution in [3.05, 3.63) is 47.5 Å². The lowest BCUT2D eigenvalue weighted by molar-refractivity contribution is -0.122. The van der Waals surface area contributed by atoms with E-state index in [1.807, 2.05) is 51.1 Å². The molecular formula is C20H22N2O3S. The summed E-state index contributed by atoms with van der Waals surface area (Å²) in [5.74, 6) is 1.26. The highest BCUT2D eigenvalue weighted by Gasteiger charge is 2.17. The van der Waals surface area contributed by atoms with Crippen LogP contribution in [0, 0.1) is 13.8 Å². The van der Waals surface area contributed by atoms with Gasteiger partial charge >= 0.3 is 0 Å². The lowest BCUT2D eigenvalue weighted by Crippen LogP contribution is -2.30. The molecule has 2 aromatic carbocycles. The molecule has 1 aromatic heterocycles. The maximum atomic E-state index is 12.4. The number of amides is 1. The molecule has 26 heavy (non-hydrogen) atoms. The van der Waals surface area contributed by atoms with E-state index in [2.05, 4.69) is 16.4 Å². The van der Waals surface area contributed by atoms with Gasteiger partial charge in [-0.25, -0.2) is 4.98 Å². The summed E-state index contributed by atoms with van der Waals surface area (Å²) in [5, 5.41) is 3.39. The first kappa shape index (κ1) is 18.2. The van der Waals surface area contributed by atoms with Crippen LogP contribution in [0.3, 0.4) is 0 Å². The summed E-state index contributed by atoms with van der Waals surface area (Å²) in [4.78, 5) is 16.9. The Bertz CT molecular complexity index is 916. The van der Waals surface area contributed by atoms with Crippen LogP contribution in [0.1, 0.15) is 25.0 Å². The smallest absolute Gasteiger partial charge is 0.266 e. The van der Waals surface area contributed by atoms with Crippen LogP contribution in [0.25, 0.3) is 10.2 Å². The van der Waals surface area contributed by atoms with Crippen molar-refractivity contribution in [2.45, 2.75) is 33.8 Å². The van der Waals surface area contributed by atoms with E-state index in [0.717, 1.165) is 27.1 Å². The average molecular weight is 370 g/mol. The molecule has 0 spiro atoms. The van der Waals surface area contributed by atoms with E-state index < -0.39 is 6.10 Å². The molecule has 0 bridgehead atoms. The van der Waals surface area contributed by atoms with Crippen LogP contribution in [0.15, 0.2) is 36.4 Å². The maximum Gasteiger partial charge on any atom is 0.266 e. The Labute approximate surface area is 157 Å². The molecule has 0 aliphatic carbocycles. The summed E-state index contributed by atoms with van der Waals surface area (Å²) in [6.07, 6.45) is -0.623. The third kappa shape index (κ3) is 4.32. The first-order valence-corrected chi connectivity index (χ1v) is 9.35. The number of aryl methyl sites for hydroxylation is 2. The number of hydrogen-bond acceptors (Lipinski definition) is 5. The number of nitrogens with zero attached hydrogens (tertiary/aromatic N) is 1. The Balaban J connectivity index is 1.69. The molecular weight excluding hydrogens is 348 g/mol. The average Bonchev–Trinajstić information content (AvgIpc) is 2.95. The fourth-order valence-electron chi connectivity index (χ4n) is 2.68. The van der Waals surface area contributed by atoms with Gasteiger partial charge in [-0.3, -0.25) is 10.1 Å². The largest absolute Gasteiger partial charge is 0.494 e. The number of nitrogens with one attached hydrogen (secondary N) is 1. The van der Waals surface area contributed by atoms with E-state index in [1.54, 1.807) is 6.92 Å². The number of fused-ring (bicyclic) bond motifs is 1. The van der Waals surface area contributed by atoms with Crippen LogP contribution < -0.4 is 14.8 Å². The highest BCUT2D eigenvalue weighted by Crippen LogP contribution is 2.29. The zero-order valence-corrected chi connectivity index (χ0v) is 16.1. The van der Waals surface area contributed by atoms with Gasteiger partial charge in [-0.05, 0) is 69.2 Å². The van der Waals surface area contributed by atoms with Crippen molar-refractivity contribution in [3.8, 4) is 11.5 Å². The number of carbonyl (C=O) groups excluding carboxylic acids is 1. The Hall–Kier alpha value is -2.60. The number of thiazole rings is 1. The predicted molar refractivity (Wildman–Crippen MR) is 105 cm³/mol. The molecule has 0 aliphatic rings. The van der Waals surface area contributed by atoms with Gasteiger partial charge in [-0.2, -0.15) is 0 Å². The predicted octanol–water partition coefficient (Wildman–Crippen LogP) is 4.72. The molecule has 1 N–H and O–H groups in total. The van der Waals surface area contributed by atoms with Crippen LogP contribution in [0.2, 0.25) is 0 Å². The van der Waals surface area contributed by atoms with Crippen molar-refractivity contribution in [2.24, 2.45) is 0 Å². The Morgan fingerprint density at radius 3 is 2.58 bits per heavy atom. The quantitative estimate of drug-likeness (QED) is 0.682. The molecule has 1 amide bonds. The summed E-state index contributed by atoms with van der Waals surface area (Å²) in [5.41, 5.74) is 3.03. The Morgan fingerprint density at radius 2 is 1.88 bits per heavy atom. The second kappa shape index (κ2) is 7.74. The fourth-order valence-corrected chi connectivity index (χ4v) is 3.58. The van der Waals surface area contributed by atoms with Crippen LogP contribution in [-0.2, 0) is 4.79 Å². The summed E-state index contributed by atoms with van der Waals surface area (Å²) in [6, 6.07) is 11.6. The second-order valence-corrected chi connectivity index (χ2v) is 7.18. The molecule has 0 saturated heterocycles. The highest BCUT2D eigenvalue weighted by atomic mass is 32.1. The van der Waals surface area contributed by atoms with Gasteiger partial charge in [-0.15, -0.1) is 0 Å². The molecule has 0 fully saturated rings. The van der Waals surface area contributed by atoms with Crippen LogP contribution in [0.5, 0.6) is 11.5 Å². The zero-order valence-electron chi connectivity index (χ0n) is 15.3. The zero-order chi connectivity index (χ0) is 18.7. The van der Waals surface area contributed by atoms with Gasteiger partial charge in [0.25, 0.3) is 5.91 Å². The minimum atomic E-state index is -0.623. The molecule has 3 aromatic rings. The van der Waals surface area contributed by atoms with E-state index in [-0.39, 0.29) is 5.91 Å². The van der Waals surface area contributed by atoms with Crippen molar-refractivity contribution in [3.63, 3.8) is 0 Å². The van der Waals surface area contributed by atoms with Crippen LogP contribution >= 0.6 is 11.3 Å². The summed E-state index contributed by atoms with van der Waals surface area (Å²) in [7, 11) is 0. The molecule has 136 valence electrons.